The third-order valence-electron chi connectivity index (χ3n) is 8.02. The highest BCUT2D eigenvalue weighted by Crippen LogP contribution is 2.39. The predicted molar refractivity (Wildman–Crippen MR) is 143 cm³/mol. The van der Waals surface area contributed by atoms with Crippen LogP contribution in [0.4, 0.5) is 5.69 Å². The molecule has 3 aromatic rings. The zero-order valence-corrected chi connectivity index (χ0v) is 21.8. The molecule has 1 fully saturated rings. The highest BCUT2D eigenvalue weighted by Gasteiger charge is 2.28. The van der Waals surface area contributed by atoms with Gasteiger partial charge in [0.2, 0.25) is 0 Å². The Morgan fingerprint density at radius 2 is 1.92 bits per heavy atom. The maximum Gasteiger partial charge on any atom is 0.175 e. The Bertz CT molecular complexity index is 1440. The smallest absolute Gasteiger partial charge is 0.175 e. The Morgan fingerprint density at radius 3 is 2.64 bits per heavy atom. The average Bonchev–Trinajstić information content (AvgIpc) is 3.12. The molecule has 1 aromatic heterocycles. The number of aryl methyl sites for hydroxylation is 2. The fourth-order valence-corrected chi connectivity index (χ4v) is 6.43. The molecule has 1 atom stereocenters. The van der Waals surface area contributed by atoms with Crippen molar-refractivity contribution in [3.05, 3.63) is 65.4 Å². The second-order valence-corrected chi connectivity index (χ2v) is 12.4. The fraction of sp³-hybridized carbons (Fsp3) is 0.429. The van der Waals surface area contributed by atoms with Gasteiger partial charge >= 0.3 is 0 Å². The first-order valence-electron chi connectivity index (χ1n) is 12.9. The maximum absolute atomic E-state index is 12.1. The Kier molecular flexibility index (Phi) is 5.96. The summed E-state index contributed by atoms with van der Waals surface area (Å²) in [4.78, 5) is 2.95. The minimum absolute atomic E-state index is 0.0199. The van der Waals surface area contributed by atoms with E-state index < -0.39 is 9.84 Å². The van der Waals surface area contributed by atoms with E-state index in [4.69, 9.17) is 0 Å². The average molecular weight is 504 g/mol. The molecule has 0 bridgehead atoms. The van der Waals surface area contributed by atoms with E-state index >= 15 is 0 Å². The molecule has 7 nitrogen and oxygen atoms in total. The summed E-state index contributed by atoms with van der Waals surface area (Å²) in [5, 5.41) is 12.4. The number of hydrogen-bond acceptors (Lipinski definition) is 6. The molecule has 0 spiro atoms. The Labute approximate surface area is 213 Å². The number of sulfone groups is 1. The quantitative estimate of drug-likeness (QED) is 0.536. The van der Waals surface area contributed by atoms with Gasteiger partial charge in [0.15, 0.2) is 9.84 Å². The third kappa shape index (κ3) is 4.37. The van der Waals surface area contributed by atoms with Gasteiger partial charge < -0.3 is 5.32 Å². The van der Waals surface area contributed by atoms with Gasteiger partial charge in [-0.1, -0.05) is 35.9 Å². The summed E-state index contributed by atoms with van der Waals surface area (Å²) < 4.78 is 26.3. The zero-order valence-electron chi connectivity index (χ0n) is 20.9. The van der Waals surface area contributed by atoms with Gasteiger partial charge in [-0.15, -0.1) is 5.10 Å². The van der Waals surface area contributed by atoms with Crippen molar-refractivity contribution in [2.45, 2.75) is 62.6 Å². The topological polar surface area (TPSA) is 80.1 Å². The third-order valence-corrected chi connectivity index (χ3v) is 9.13. The van der Waals surface area contributed by atoms with E-state index in [9.17, 15) is 8.42 Å². The largest absolute Gasteiger partial charge is 0.378 e. The molecule has 0 saturated heterocycles. The highest BCUT2D eigenvalue weighted by atomic mass is 32.2. The second-order valence-electron chi connectivity index (χ2n) is 10.4. The molecule has 0 amide bonds. The lowest BCUT2D eigenvalue weighted by molar-refractivity contribution is 0.141. The van der Waals surface area contributed by atoms with Gasteiger partial charge in [-0.3, -0.25) is 4.90 Å². The van der Waals surface area contributed by atoms with E-state index in [0.29, 0.717) is 4.90 Å². The minimum atomic E-state index is -3.28. The van der Waals surface area contributed by atoms with Crippen LogP contribution in [0.15, 0.2) is 53.4 Å². The zero-order chi connectivity index (χ0) is 24.9. The summed E-state index contributed by atoms with van der Waals surface area (Å²) in [6, 6.07) is 14.7. The van der Waals surface area contributed by atoms with Crippen LogP contribution in [0.1, 0.15) is 55.0 Å². The number of nitrogens with one attached hydrogen (secondary N) is 1. The number of fused-ring (bicyclic) bond motifs is 3. The van der Waals surface area contributed by atoms with Crippen molar-refractivity contribution in [2.24, 2.45) is 0 Å². The summed E-state index contributed by atoms with van der Waals surface area (Å²) in [6.45, 7) is 4.91. The molecule has 36 heavy (non-hydrogen) atoms. The number of hydrogen-bond donors (Lipinski definition) is 1. The first kappa shape index (κ1) is 23.4. The van der Waals surface area contributed by atoms with Crippen molar-refractivity contribution >= 4 is 21.1 Å². The van der Waals surface area contributed by atoms with Crippen molar-refractivity contribution in [1.82, 2.24) is 19.9 Å². The number of aromatic nitrogens is 3. The molecule has 8 heteroatoms. The van der Waals surface area contributed by atoms with Crippen molar-refractivity contribution in [1.29, 1.82) is 0 Å². The van der Waals surface area contributed by atoms with Crippen LogP contribution in [-0.2, 0) is 16.4 Å². The summed E-state index contributed by atoms with van der Waals surface area (Å²) in [7, 11) is -3.28. The molecule has 3 aliphatic rings. The van der Waals surface area contributed by atoms with Crippen LogP contribution in [0.5, 0.6) is 0 Å². The Balaban J connectivity index is 1.36. The van der Waals surface area contributed by atoms with Crippen molar-refractivity contribution in [3.63, 3.8) is 0 Å². The molecule has 2 aliphatic heterocycles. The van der Waals surface area contributed by atoms with Gasteiger partial charge in [0.05, 0.1) is 22.3 Å². The van der Waals surface area contributed by atoms with Crippen LogP contribution < -0.4 is 5.32 Å². The van der Waals surface area contributed by atoms with Crippen molar-refractivity contribution in [3.8, 4) is 11.3 Å². The van der Waals surface area contributed by atoms with Crippen LogP contribution in [0.3, 0.4) is 0 Å². The molecule has 1 saturated carbocycles. The van der Waals surface area contributed by atoms with E-state index in [1.807, 2.05) is 17.7 Å². The standard InChI is InChI=1S/C28H33N5O2S/c1-19-28-25-10-9-21(20-11-14-32(15-12-20)23-6-4-7-23)17-26(25)27(13-16-33(28)31-30-19)29-22-5-3-8-24(18-22)36(2,34)35/h3,5,8-11,17-18,23,27,29H,4,6-7,12-16H2,1-2H3. The number of rotatable bonds is 5. The monoisotopic (exact) mass is 503 g/mol. The Hall–Kier alpha value is -2.97. The normalized spacial score (nSPS) is 20.6. The van der Waals surface area contributed by atoms with Gasteiger partial charge in [0.1, 0.15) is 0 Å². The van der Waals surface area contributed by atoms with Gasteiger partial charge in [0.25, 0.3) is 0 Å². The van der Waals surface area contributed by atoms with Crippen LogP contribution in [0.2, 0.25) is 0 Å². The number of nitrogens with zero attached hydrogens (tertiary/aromatic N) is 4. The summed E-state index contributed by atoms with van der Waals surface area (Å²) in [6.07, 6.45) is 9.61. The molecule has 1 unspecified atom stereocenters. The molecule has 1 aliphatic carbocycles. The van der Waals surface area contributed by atoms with Crippen LogP contribution in [0.25, 0.3) is 16.8 Å². The van der Waals surface area contributed by atoms with E-state index in [1.54, 1.807) is 18.2 Å². The summed E-state index contributed by atoms with van der Waals surface area (Å²) in [5.41, 5.74) is 7.85. The van der Waals surface area contributed by atoms with Crippen LogP contribution in [0, 0.1) is 6.92 Å². The SMILES string of the molecule is Cc1nnn2c1-c1ccc(C3=CCN(C4CCC4)CC3)cc1C(Nc1cccc(S(C)(=O)=O)c1)CC2. The summed E-state index contributed by atoms with van der Waals surface area (Å²) >= 11 is 0. The van der Waals surface area contributed by atoms with Gasteiger partial charge in [-0.25, -0.2) is 13.1 Å². The van der Waals surface area contributed by atoms with Gasteiger partial charge in [-0.05, 0) is 73.6 Å². The predicted octanol–water partition coefficient (Wildman–Crippen LogP) is 4.86. The molecule has 6 rings (SSSR count). The molecule has 1 N–H and O–H groups in total. The molecule has 188 valence electrons. The highest BCUT2D eigenvalue weighted by molar-refractivity contribution is 7.90. The van der Waals surface area contributed by atoms with E-state index in [0.717, 1.165) is 61.2 Å². The van der Waals surface area contributed by atoms with Crippen LogP contribution in [-0.4, -0.2) is 53.7 Å². The molecular formula is C28H33N5O2S. The first-order chi connectivity index (χ1) is 17.4. The van der Waals surface area contributed by atoms with E-state index in [2.05, 4.69) is 44.8 Å². The molecular weight excluding hydrogens is 470 g/mol. The lowest BCUT2D eigenvalue weighted by Crippen LogP contribution is -2.42. The Morgan fingerprint density at radius 1 is 1.06 bits per heavy atom. The van der Waals surface area contributed by atoms with Crippen molar-refractivity contribution < 1.29 is 8.42 Å². The number of anilines is 1. The van der Waals surface area contributed by atoms with E-state index in [1.165, 1.54) is 42.2 Å². The van der Waals surface area contributed by atoms with Gasteiger partial charge in [-0.2, -0.15) is 0 Å². The fourth-order valence-electron chi connectivity index (χ4n) is 5.76. The van der Waals surface area contributed by atoms with Crippen molar-refractivity contribution in [2.75, 3.05) is 24.7 Å². The van der Waals surface area contributed by atoms with Crippen LogP contribution >= 0.6 is 0 Å². The lowest BCUT2D eigenvalue weighted by Gasteiger charge is -2.39. The van der Waals surface area contributed by atoms with Gasteiger partial charge in [0, 0.05) is 43.2 Å². The summed E-state index contributed by atoms with van der Waals surface area (Å²) in [5.74, 6) is 0. The number of benzene rings is 2. The first-order valence-corrected chi connectivity index (χ1v) is 14.8. The van der Waals surface area contributed by atoms with E-state index in [-0.39, 0.29) is 6.04 Å². The molecule has 3 heterocycles. The minimum Gasteiger partial charge on any atom is -0.378 e. The lowest BCUT2D eigenvalue weighted by atomic mass is 9.88. The maximum atomic E-state index is 12.1. The second kappa shape index (κ2) is 9.16. The molecule has 2 aromatic carbocycles. The molecule has 0 radical (unpaired) electrons.